The van der Waals surface area contributed by atoms with Crippen molar-refractivity contribution in [1.29, 1.82) is 0 Å². The van der Waals surface area contributed by atoms with Crippen LogP contribution in [-0.4, -0.2) is 107 Å². The summed E-state index contributed by atoms with van der Waals surface area (Å²) in [6, 6.07) is -1.58. The van der Waals surface area contributed by atoms with E-state index in [1.807, 2.05) is 0 Å². The molecule has 0 saturated carbocycles. The largest absolute Gasteiger partial charge is 0.480 e. The zero-order chi connectivity index (χ0) is 17.2. The monoisotopic (exact) mass is 333 g/mol. The first-order valence-electron chi connectivity index (χ1n) is 7.87. The molecular weight excluding hydrogens is 306 g/mol. The number of hydrogen-bond donors (Lipinski definition) is 5. The molecule has 1 rings (SSSR count). The summed E-state index contributed by atoms with van der Waals surface area (Å²) >= 11 is 0. The molecule has 0 aliphatic carbocycles. The fourth-order valence-electron chi connectivity index (χ4n) is 2.84. The number of carboxylic acids is 2. The van der Waals surface area contributed by atoms with Gasteiger partial charge in [0.25, 0.3) is 0 Å². The molecule has 2 unspecified atom stereocenters. The van der Waals surface area contributed by atoms with Crippen molar-refractivity contribution in [1.82, 2.24) is 15.1 Å². The Morgan fingerprint density at radius 1 is 0.826 bits per heavy atom. The standard InChI is InChI=1S/C14H27N3O6/c18-9-1-11(13(20)21)16-5-3-15-4-6-17(8-7-16)12(2-10-19)14(22)23/h11-12,15,18-19H,1-10H2,(H,20,21)(H,22,23). The predicted octanol–water partition coefficient (Wildman–Crippen LogP) is -2.14. The molecule has 23 heavy (non-hydrogen) atoms. The number of aliphatic hydroxyl groups is 2. The van der Waals surface area contributed by atoms with Gasteiger partial charge in [-0.15, -0.1) is 0 Å². The molecule has 0 amide bonds. The third-order valence-electron chi connectivity index (χ3n) is 4.08. The van der Waals surface area contributed by atoms with Gasteiger partial charge in [0.05, 0.1) is 0 Å². The Morgan fingerprint density at radius 2 is 1.22 bits per heavy atom. The van der Waals surface area contributed by atoms with Crippen molar-refractivity contribution in [3.05, 3.63) is 0 Å². The maximum absolute atomic E-state index is 11.4. The van der Waals surface area contributed by atoms with E-state index in [4.69, 9.17) is 10.2 Å². The normalized spacial score (nSPS) is 21.0. The van der Waals surface area contributed by atoms with Gasteiger partial charge in [0.15, 0.2) is 0 Å². The van der Waals surface area contributed by atoms with Gasteiger partial charge in [0.2, 0.25) is 0 Å². The molecule has 0 aromatic rings. The molecule has 1 saturated heterocycles. The zero-order valence-electron chi connectivity index (χ0n) is 13.2. The van der Waals surface area contributed by atoms with E-state index in [1.165, 1.54) is 0 Å². The minimum atomic E-state index is -0.991. The van der Waals surface area contributed by atoms with Crippen LogP contribution in [0.5, 0.6) is 0 Å². The van der Waals surface area contributed by atoms with Crippen LogP contribution in [0.3, 0.4) is 0 Å². The maximum atomic E-state index is 11.4. The topological polar surface area (TPSA) is 134 Å². The van der Waals surface area contributed by atoms with Crippen LogP contribution in [0.1, 0.15) is 12.8 Å². The molecule has 0 aromatic heterocycles. The van der Waals surface area contributed by atoms with E-state index in [2.05, 4.69) is 5.32 Å². The molecule has 0 bridgehead atoms. The fraction of sp³-hybridized carbons (Fsp3) is 0.857. The number of nitrogens with zero attached hydrogens (tertiary/aromatic N) is 2. The molecule has 5 N–H and O–H groups in total. The summed E-state index contributed by atoms with van der Waals surface area (Å²) in [5.41, 5.74) is 0. The first kappa shape index (κ1) is 19.8. The lowest BCUT2D eigenvalue weighted by Gasteiger charge is -2.32. The van der Waals surface area contributed by atoms with Gasteiger partial charge in [-0.3, -0.25) is 19.4 Å². The van der Waals surface area contributed by atoms with Crippen LogP contribution in [-0.2, 0) is 9.59 Å². The van der Waals surface area contributed by atoms with Crippen molar-refractivity contribution < 1.29 is 30.0 Å². The van der Waals surface area contributed by atoms with Gasteiger partial charge in [-0.2, -0.15) is 0 Å². The summed E-state index contributed by atoms with van der Waals surface area (Å²) in [7, 11) is 0. The number of aliphatic hydroxyl groups excluding tert-OH is 2. The lowest BCUT2D eigenvalue weighted by molar-refractivity contribution is -0.146. The second-order valence-electron chi connectivity index (χ2n) is 5.55. The molecule has 2 atom stereocenters. The SMILES string of the molecule is O=C(O)C(CCO)N1CCNCCN(C(CCO)C(=O)O)CC1. The van der Waals surface area contributed by atoms with E-state index >= 15 is 0 Å². The summed E-state index contributed by atoms with van der Waals surface area (Å²) in [4.78, 5) is 26.3. The van der Waals surface area contributed by atoms with Crippen LogP contribution in [0.15, 0.2) is 0 Å². The Balaban J connectivity index is 2.80. The summed E-state index contributed by atoms with van der Waals surface area (Å²) < 4.78 is 0. The molecule has 0 spiro atoms. The van der Waals surface area contributed by atoms with E-state index in [0.717, 1.165) is 0 Å². The first-order valence-corrected chi connectivity index (χ1v) is 7.87. The minimum Gasteiger partial charge on any atom is -0.480 e. The van der Waals surface area contributed by atoms with Crippen LogP contribution in [0, 0.1) is 0 Å². The first-order chi connectivity index (χ1) is 11.0. The van der Waals surface area contributed by atoms with E-state index in [-0.39, 0.29) is 26.1 Å². The number of carboxylic acid groups (broad SMARTS) is 2. The quantitative estimate of drug-likeness (QED) is 0.337. The Bertz CT molecular complexity index is 348. The Kier molecular flexibility index (Phi) is 9.03. The molecule has 1 aliphatic heterocycles. The third kappa shape index (κ3) is 6.40. The highest BCUT2D eigenvalue weighted by atomic mass is 16.4. The molecule has 1 fully saturated rings. The third-order valence-corrected chi connectivity index (χ3v) is 4.08. The Labute approximate surface area is 135 Å². The molecule has 9 heteroatoms. The van der Waals surface area contributed by atoms with Gasteiger partial charge in [0, 0.05) is 52.5 Å². The smallest absolute Gasteiger partial charge is 0.321 e. The van der Waals surface area contributed by atoms with Gasteiger partial charge < -0.3 is 25.7 Å². The summed E-state index contributed by atoms with van der Waals surface area (Å²) in [5, 5.41) is 39.9. The van der Waals surface area contributed by atoms with Gasteiger partial charge in [-0.25, -0.2) is 0 Å². The number of carbonyl (C=O) groups is 2. The lowest BCUT2D eigenvalue weighted by atomic mass is 10.1. The van der Waals surface area contributed by atoms with Gasteiger partial charge >= 0.3 is 11.9 Å². The average Bonchev–Trinajstić information content (AvgIpc) is 2.61. The van der Waals surface area contributed by atoms with Crippen molar-refractivity contribution in [2.75, 3.05) is 52.5 Å². The van der Waals surface area contributed by atoms with Gasteiger partial charge in [0.1, 0.15) is 12.1 Å². The molecule has 0 radical (unpaired) electrons. The van der Waals surface area contributed by atoms with E-state index < -0.39 is 24.0 Å². The average molecular weight is 333 g/mol. The minimum absolute atomic E-state index is 0.133. The van der Waals surface area contributed by atoms with Crippen LogP contribution >= 0.6 is 0 Å². The number of aliphatic carboxylic acids is 2. The highest BCUT2D eigenvalue weighted by Gasteiger charge is 2.29. The second kappa shape index (κ2) is 10.5. The zero-order valence-corrected chi connectivity index (χ0v) is 13.2. The van der Waals surface area contributed by atoms with Crippen LogP contribution in [0.2, 0.25) is 0 Å². The molecule has 9 nitrogen and oxygen atoms in total. The second-order valence-corrected chi connectivity index (χ2v) is 5.55. The fourth-order valence-corrected chi connectivity index (χ4v) is 2.84. The number of hydrogen-bond acceptors (Lipinski definition) is 7. The predicted molar refractivity (Wildman–Crippen MR) is 82.3 cm³/mol. The van der Waals surface area contributed by atoms with Crippen molar-refractivity contribution >= 4 is 11.9 Å². The Morgan fingerprint density at radius 3 is 1.52 bits per heavy atom. The highest BCUT2D eigenvalue weighted by Crippen LogP contribution is 2.10. The van der Waals surface area contributed by atoms with Crippen molar-refractivity contribution in [3.63, 3.8) is 0 Å². The van der Waals surface area contributed by atoms with E-state index in [1.54, 1.807) is 9.80 Å². The van der Waals surface area contributed by atoms with Crippen molar-refractivity contribution in [2.24, 2.45) is 0 Å². The summed E-state index contributed by atoms with van der Waals surface area (Å²) in [6.45, 7) is 2.59. The lowest BCUT2D eigenvalue weighted by Crippen LogP contribution is -2.49. The van der Waals surface area contributed by atoms with Gasteiger partial charge in [-0.1, -0.05) is 0 Å². The van der Waals surface area contributed by atoms with Crippen molar-refractivity contribution in [2.45, 2.75) is 24.9 Å². The molecule has 1 aliphatic rings. The molecule has 134 valence electrons. The van der Waals surface area contributed by atoms with E-state index in [9.17, 15) is 19.8 Å². The Hall–Kier alpha value is -1.26. The van der Waals surface area contributed by atoms with Crippen LogP contribution in [0.4, 0.5) is 0 Å². The molecule has 0 aromatic carbocycles. The highest BCUT2D eigenvalue weighted by molar-refractivity contribution is 5.74. The molecule has 1 heterocycles. The maximum Gasteiger partial charge on any atom is 0.321 e. The van der Waals surface area contributed by atoms with Crippen molar-refractivity contribution in [3.8, 4) is 0 Å². The van der Waals surface area contributed by atoms with Crippen LogP contribution in [0.25, 0.3) is 0 Å². The summed E-state index contributed by atoms with van der Waals surface area (Å²) in [6.07, 6.45) is 0.267. The van der Waals surface area contributed by atoms with Gasteiger partial charge in [-0.05, 0) is 12.8 Å². The molecular formula is C14H27N3O6. The number of nitrogens with one attached hydrogen (secondary N) is 1. The summed E-state index contributed by atoms with van der Waals surface area (Å²) in [5.74, 6) is -1.98. The van der Waals surface area contributed by atoms with E-state index in [0.29, 0.717) is 39.3 Å². The van der Waals surface area contributed by atoms with Crippen LogP contribution < -0.4 is 5.32 Å². The number of rotatable bonds is 8.